The number of carbonyl (C=O) groups is 2. The summed E-state index contributed by atoms with van der Waals surface area (Å²) in [4.78, 5) is 27.7. The van der Waals surface area contributed by atoms with E-state index in [4.69, 9.17) is 16.3 Å². The summed E-state index contributed by atoms with van der Waals surface area (Å²) in [6.07, 6.45) is 0. The third-order valence-electron chi connectivity index (χ3n) is 4.17. The van der Waals surface area contributed by atoms with Crippen molar-refractivity contribution in [1.29, 1.82) is 0 Å². The number of phenols is 1. The lowest BCUT2D eigenvalue weighted by atomic mass is 9.82. The molecule has 0 saturated heterocycles. The number of carbonyl (C=O) groups excluding carboxylic acids is 2. The van der Waals surface area contributed by atoms with Gasteiger partial charge in [-0.1, -0.05) is 18.2 Å². The lowest BCUT2D eigenvalue weighted by Crippen LogP contribution is -2.24. The molecule has 2 aromatic carbocycles. The highest BCUT2D eigenvalue weighted by Crippen LogP contribution is 2.38. The van der Waals surface area contributed by atoms with Crippen LogP contribution in [0.15, 0.2) is 30.3 Å². The second-order valence-corrected chi connectivity index (χ2v) is 6.39. The highest BCUT2D eigenvalue weighted by molar-refractivity contribution is 6.30. The second-order valence-electron chi connectivity index (χ2n) is 6.12. The number of hydrogen-bond acceptors (Lipinski definition) is 5. The van der Waals surface area contributed by atoms with Gasteiger partial charge in [0.25, 0.3) is 0 Å². The van der Waals surface area contributed by atoms with Gasteiger partial charge in [0.2, 0.25) is 5.78 Å². The number of fused-ring (bicyclic) bond motifs is 2. The van der Waals surface area contributed by atoms with Crippen molar-refractivity contribution >= 4 is 23.2 Å². The lowest BCUT2D eigenvalue weighted by Gasteiger charge is -2.22. The maximum atomic E-state index is 13.0. The molecule has 5 nitrogen and oxygen atoms in total. The van der Waals surface area contributed by atoms with Crippen molar-refractivity contribution in [3.8, 4) is 11.5 Å². The number of ketones is 2. The number of halogens is 1. The van der Waals surface area contributed by atoms with Crippen molar-refractivity contribution in [2.24, 2.45) is 0 Å². The standard InChI is InChI=1S/C19H18ClNO4/c1-21(2)8-9-25-14-5-3-4-12-15(14)19(24)16-13(18(12)23)7-6-11(10-20)17(16)22/h3-7,22H,8-10H2,1-2H3. The van der Waals surface area contributed by atoms with E-state index in [9.17, 15) is 14.7 Å². The van der Waals surface area contributed by atoms with Gasteiger partial charge in [-0.15, -0.1) is 11.6 Å². The van der Waals surface area contributed by atoms with Crippen LogP contribution < -0.4 is 4.74 Å². The van der Waals surface area contributed by atoms with Gasteiger partial charge in [0.15, 0.2) is 5.78 Å². The number of benzene rings is 2. The molecule has 25 heavy (non-hydrogen) atoms. The van der Waals surface area contributed by atoms with E-state index in [-0.39, 0.29) is 39.7 Å². The highest BCUT2D eigenvalue weighted by Gasteiger charge is 2.35. The first-order valence-electron chi connectivity index (χ1n) is 7.86. The normalized spacial score (nSPS) is 13.0. The molecule has 1 aliphatic rings. The number of hydrogen-bond donors (Lipinski definition) is 1. The van der Waals surface area contributed by atoms with Gasteiger partial charge in [-0.2, -0.15) is 0 Å². The molecule has 3 rings (SSSR count). The summed E-state index contributed by atoms with van der Waals surface area (Å²) in [7, 11) is 3.83. The van der Waals surface area contributed by atoms with E-state index in [1.165, 1.54) is 6.07 Å². The summed E-state index contributed by atoms with van der Waals surface area (Å²) in [5.41, 5.74) is 1.09. The molecule has 0 radical (unpaired) electrons. The number of alkyl halides is 1. The van der Waals surface area contributed by atoms with Crippen molar-refractivity contribution < 1.29 is 19.4 Å². The van der Waals surface area contributed by atoms with E-state index in [0.29, 0.717) is 24.5 Å². The fraction of sp³-hybridized carbons (Fsp3) is 0.263. The Morgan fingerprint density at radius 2 is 1.76 bits per heavy atom. The molecule has 0 amide bonds. The summed E-state index contributed by atoms with van der Waals surface area (Å²) in [5, 5.41) is 10.4. The van der Waals surface area contributed by atoms with Crippen LogP contribution in [0.3, 0.4) is 0 Å². The van der Waals surface area contributed by atoms with Crippen molar-refractivity contribution in [3.63, 3.8) is 0 Å². The van der Waals surface area contributed by atoms with Crippen LogP contribution in [-0.2, 0) is 5.88 Å². The first-order chi connectivity index (χ1) is 12.0. The summed E-state index contributed by atoms with van der Waals surface area (Å²) in [5.74, 6) is -0.568. The summed E-state index contributed by atoms with van der Waals surface area (Å²) in [6.45, 7) is 1.05. The Kier molecular flexibility index (Phi) is 4.79. The Hall–Kier alpha value is -2.37. The van der Waals surface area contributed by atoms with E-state index in [1.807, 2.05) is 19.0 Å². The molecule has 1 N–H and O–H groups in total. The molecule has 0 spiro atoms. The van der Waals surface area contributed by atoms with E-state index < -0.39 is 5.78 Å². The smallest absolute Gasteiger partial charge is 0.201 e. The van der Waals surface area contributed by atoms with Crippen LogP contribution in [0.5, 0.6) is 11.5 Å². The maximum absolute atomic E-state index is 13.0. The molecule has 2 aromatic rings. The average Bonchev–Trinajstić information content (AvgIpc) is 2.59. The van der Waals surface area contributed by atoms with Gasteiger partial charge in [-0.3, -0.25) is 9.59 Å². The predicted molar refractivity (Wildman–Crippen MR) is 95.0 cm³/mol. The van der Waals surface area contributed by atoms with Gasteiger partial charge in [0.1, 0.15) is 18.1 Å². The first-order valence-corrected chi connectivity index (χ1v) is 8.40. The first kappa shape index (κ1) is 17.5. The van der Waals surface area contributed by atoms with Gasteiger partial charge in [0, 0.05) is 23.2 Å². The molecule has 0 saturated carbocycles. The monoisotopic (exact) mass is 359 g/mol. The molecule has 0 fully saturated rings. The van der Waals surface area contributed by atoms with Crippen LogP contribution in [0, 0.1) is 0 Å². The largest absolute Gasteiger partial charge is 0.507 e. The highest BCUT2D eigenvalue weighted by atomic mass is 35.5. The number of rotatable bonds is 5. The Balaban J connectivity index is 2.09. The Bertz CT molecular complexity index is 861. The molecule has 130 valence electrons. The zero-order valence-corrected chi connectivity index (χ0v) is 14.8. The molecule has 0 bridgehead atoms. The summed E-state index contributed by atoms with van der Waals surface area (Å²) in [6, 6.07) is 8.05. The molecule has 0 aromatic heterocycles. The number of aromatic hydroxyl groups is 1. The number of nitrogens with zero attached hydrogens (tertiary/aromatic N) is 1. The molecule has 0 aliphatic heterocycles. The van der Waals surface area contributed by atoms with Crippen molar-refractivity contribution in [2.45, 2.75) is 5.88 Å². The van der Waals surface area contributed by atoms with Crippen LogP contribution in [0.1, 0.15) is 37.4 Å². The third-order valence-corrected chi connectivity index (χ3v) is 4.46. The van der Waals surface area contributed by atoms with Crippen LogP contribution in [0.25, 0.3) is 0 Å². The Morgan fingerprint density at radius 1 is 1.04 bits per heavy atom. The molecule has 0 atom stereocenters. The summed E-state index contributed by atoms with van der Waals surface area (Å²) >= 11 is 5.80. The topological polar surface area (TPSA) is 66.8 Å². The number of phenolic OH excluding ortho intramolecular Hbond substituents is 1. The van der Waals surface area contributed by atoms with E-state index >= 15 is 0 Å². The summed E-state index contributed by atoms with van der Waals surface area (Å²) < 4.78 is 5.72. The SMILES string of the molecule is CN(C)CCOc1cccc2c1C(=O)c1c(ccc(CCl)c1O)C2=O. The number of ether oxygens (including phenoxy) is 1. The van der Waals surface area contributed by atoms with Crippen molar-refractivity contribution in [3.05, 3.63) is 58.1 Å². The molecule has 1 aliphatic carbocycles. The fourth-order valence-electron chi connectivity index (χ4n) is 2.84. The van der Waals surface area contributed by atoms with Crippen LogP contribution in [-0.4, -0.2) is 48.8 Å². The van der Waals surface area contributed by atoms with Crippen molar-refractivity contribution in [1.82, 2.24) is 4.90 Å². The third kappa shape index (κ3) is 3.01. The minimum absolute atomic E-state index is 0.000639. The van der Waals surface area contributed by atoms with E-state index in [2.05, 4.69) is 0 Å². The van der Waals surface area contributed by atoms with E-state index in [1.54, 1.807) is 24.3 Å². The molecular weight excluding hydrogens is 342 g/mol. The van der Waals surface area contributed by atoms with Crippen LogP contribution >= 0.6 is 11.6 Å². The fourth-order valence-corrected chi connectivity index (χ4v) is 3.06. The molecular formula is C19H18ClNO4. The van der Waals surface area contributed by atoms with Gasteiger partial charge in [-0.05, 0) is 26.2 Å². The quantitative estimate of drug-likeness (QED) is 0.709. The zero-order chi connectivity index (χ0) is 18.1. The van der Waals surface area contributed by atoms with Crippen LogP contribution in [0.2, 0.25) is 0 Å². The molecule has 0 heterocycles. The maximum Gasteiger partial charge on any atom is 0.201 e. The van der Waals surface area contributed by atoms with Gasteiger partial charge in [-0.25, -0.2) is 0 Å². The Morgan fingerprint density at radius 3 is 2.44 bits per heavy atom. The number of likely N-dealkylation sites (N-methyl/N-ethyl adjacent to an activating group) is 1. The minimum atomic E-state index is -0.422. The second kappa shape index (κ2) is 6.86. The van der Waals surface area contributed by atoms with Gasteiger partial charge in [0.05, 0.1) is 17.0 Å². The predicted octanol–water partition coefficient (Wildman–Crippen LogP) is 2.85. The molecule has 0 unspecified atom stereocenters. The van der Waals surface area contributed by atoms with E-state index in [0.717, 1.165) is 0 Å². The Labute approximate surface area is 150 Å². The average molecular weight is 360 g/mol. The minimum Gasteiger partial charge on any atom is -0.507 e. The van der Waals surface area contributed by atoms with Crippen molar-refractivity contribution in [2.75, 3.05) is 27.2 Å². The zero-order valence-electron chi connectivity index (χ0n) is 14.0. The van der Waals surface area contributed by atoms with Gasteiger partial charge < -0.3 is 14.7 Å². The van der Waals surface area contributed by atoms with Gasteiger partial charge >= 0.3 is 0 Å². The molecule has 6 heteroatoms. The van der Waals surface area contributed by atoms with Crippen LogP contribution in [0.4, 0.5) is 0 Å². The lowest BCUT2D eigenvalue weighted by molar-refractivity contribution is 0.0972.